The smallest absolute Gasteiger partial charge is 0.200 e. The minimum atomic E-state index is 0.0486. The predicted octanol–water partition coefficient (Wildman–Crippen LogP) is 2.92. The van der Waals surface area contributed by atoms with Gasteiger partial charge in [-0.1, -0.05) is 20.8 Å². The highest BCUT2D eigenvalue weighted by molar-refractivity contribution is 5.31. The number of hydrogen-bond donors (Lipinski definition) is 2. The monoisotopic (exact) mass is 195 g/mol. The van der Waals surface area contributed by atoms with Crippen LogP contribution in [0.15, 0.2) is 6.20 Å². The van der Waals surface area contributed by atoms with E-state index in [4.69, 9.17) is 0 Å². The molecule has 3 heteroatoms. The molecule has 0 aliphatic carbocycles. The van der Waals surface area contributed by atoms with E-state index in [1.54, 1.807) is 0 Å². The molecule has 0 spiro atoms. The lowest BCUT2D eigenvalue weighted by atomic mass is 9.93. The van der Waals surface area contributed by atoms with E-state index in [0.717, 1.165) is 11.6 Å². The van der Waals surface area contributed by atoms with Gasteiger partial charge >= 0.3 is 0 Å². The second-order valence-corrected chi connectivity index (χ2v) is 5.76. The summed E-state index contributed by atoms with van der Waals surface area (Å²) in [4.78, 5) is 7.65. The fourth-order valence-electron chi connectivity index (χ4n) is 1.13. The van der Waals surface area contributed by atoms with E-state index >= 15 is 0 Å². The van der Waals surface area contributed by atoms with Crippen LogP contribution in [0.25, 0.3) is 0 Å². The van der Waals surface area contributed by atoms with Crippen molar-refractivity contribution >= 4 is 5.95 Å². The zero-order chi connectivity index (χ0) is 11.0. The summed E-state index contributed by atoms with van der Waals surface area (Å²) in [6.45, 7) is 12.8. The fourth-order valence-corrected chi connectivity index (χ4v) is 1.13. The second kappa shape index (κ2) is 3.30. The molecule has 0 aliphatic heterocycles. The summed E-state index contributed by atoms with van der Waals surface area (Å²) in [5.74, 6) is 0.849. The zero-order valence-electron chi connectivity index (χ0n) is 10.0. The first-order valence-corrected chi connectivity index (χ1v) is 5.02. The summed E-state index contributed by atoms with van der Waals surface area (Å²) in [7, 11) is 0. The summed E-state index contributed by atoms with van der Waals surface area (Å²) in [5.41, 5.74) is 1.24. The molecule has 3 nitrogen and oxygen atoms in total. The normalized spacial score (nSPS) is 13.0. The van der Waals surface area contributed by atoms with E-state index in [-0.39, 0.29) is 11.0 Å². The maximum atomic E-state index is 4.50. The van der Waals surface area contributed by atoms with Gasteiger partial charge in [-0.05, 0) is 20.8 Å². The van der Waals surface area contributed by atoms with Gasteiger partial charge in [0.05, 0.1) is 5.69 Å². The van der Waals surface area contributed by atoms with Crippen molar-refractivity contribution in [2.24, 2.45) is 0 Å². The van der Waals surface area contributed by atoms with Crippen LogP contribution in [0.2, 0.25) is 0 Å². The Morgan fingerprint density at radius 1 is 1.14 bits per heavy atom. The minimum Gasteiger partial charge on any atom is -0.351 e. The van der Waals surface area contributed by atoms with E-state index in [9.17, 15) is 0 Å². The van der Waals surface area contributed by atoms with Crippen LogP contribution in [0, 0.1) is 0 Å². The van der Waals surface area contributed by atoms with Crippen LogP contribution in [0.5, 0.6) is 0 Å². The van der Waals surface area contributed by atoms with Crippen LogP contribution >= 0.6 is 0 Å². The van der Waals surface area contributed by atoms with Gasteiger partial charge < -0.3 is 10.3 Å². The fraction of sp³-hybridized carbons (Fsp3) is 0.727. The molecule has 1 heterocycles. The predicted molar refractivity (Wildman–Crippen MR) is 60.7 cm³/mol. The maximum absolute atomic E-state index is 4.50. The average Bonchev–Trinajstić information content (AvgIpc) is 2.29. The number of rotatable bonds is 1. The summed E-state index contributed by atoms with van der Waals surface area (Å²) in [6, 6.07) is 0. The SMILES string of the molecule is CC(C)(C)Nc1nc(C(C)(C)C)c[nH]1. The van der Waals surface area contributed by atoms with Gasteiger partial charge in [0.2, 0.25) is 5.95 Å². The summed E-state index contributed by atoms with van der Waals surface area (Å²) in [6.07, 6.45) is 1.97. The highest BCUT2D eigenvalue weighted by Gasteiger charge is 2.18. The first-order valence-electron chi connectivity index (χ1n) is 5.02. The summed E-state index contributed by atoms with van der Waals surface area (Å²) >= 11 is 0. The van der Waals surface area contributed by atoms with Crippen LogP contribution in [-0.2, 0) is 5.41 Å². The van der Waals surface area contributed by atoms with Crippen molar-refractivity contribution in [2.45, 2.75) is 52.5 Å². The molecule has 0 aliphatic rings. The Balaban J connectivity index is 2.79. The second-order valence-electron chi connectivity index (χ2n) is 5.76. The molecule has 0 fully saturated rings. The van der Waals surface area contributed by atoms with Crippen LogP contribution < -0.4 is 5.32 Å². The number of H-pyrrole nitrogens is 1. The highest BCUT2D eigenvalue weighted by atomic mass is 15.1. The molecule has 2 N–H and O–H groups in total. The topological polar surface area (TPSA) is 40.7 Å². The molecule has 1 aromatic rings. The van der Waals surface area contributed by atoms with Crippen molar-refractivity contribution in [3.63, 3.8) is 0 Å². The quantitative estimate of drug-likeness (QED) is 0.723. The Labute approximate surface area is 86.3 Å². The molecule has 0 amide bonds. The first kappa shape index (κ1) is 11.1. The maximum Gasteiger partial charge on any atom is 0.200 e. The van der Waals surface area contributed by atoms with Crippen LogP contribution in [0.4, 0.5) is 5.95 Å². The van der Waals surface area contributed by atoms with Crippen LogP contribution in [-0.4, -0.2) is 15.5 Å². The van der Waals surface area contributed by atoms with Gasteiger partial charge in [-0.2, -0.15) is 0 Å². The molecular weight excluding hydrogens is 174 g/mol. The summed E-state index contributed by atoms with van der Waals surface area (Å²) < 4.78 is 0. The van der Waals surface area contributed by atoms with Crippen molar-refractivity contribution in [2.75, 3.05) is 5.32 Å². The molecule has 0 unspecified atom stereocenters. The van der Waals surface area contributed by atoms with Crippen LogP contribution in [0.1, 0.15) is 47.2 Å². The van der Waals surface area contributed by atoms with Crippen molar-refractivity contribution < 1.29 is 0 Å². The van der Waals surface area contributed by atoms with E-state index in [1.807, 2.05) is 6.20 Å². The number of nitrogens with zero attached hydrogens (tertiary/aromatic N) is 1. The highest BCUT2D eigenvalue weighted by Crippen LogP contribution is 2.21. The molecular formula is C11H21N3. The third kappa shape index (κ3) is 3.05. The largest absolute Gasteiger partial charge is 0.351 e. The Bertz CT molecular complexity index is 299. The molecule has 0 atom stereocenters. The van der Waals surface area contributed by atoms with Gasteiger partial charge in [-0.15, -0.1) is 0 Å². The number of imidazole rings is 1. The number of hydrogen-bond acceptors (Lipinski definition) is 2. The van der Waals surface area contributed by atoms with Crippen LogP contribution in [0.3, 0.4) is 0 Å². The number of aromatic nitrogens is 2. The van der Waals surface area contributed by atoms with E-state index < -0.39 is 0 Å². The van der Waals surface area contributed by atoms with E-state index in [0.29, 0.717) is 0 Å². The summed E-state index contributed by atoms with van der Waals surface area (Å²) in [5, 5.41) is 3.31. The van der Waals surface area contributed by atoms with Crippen molar-refractivity contribution in [3.8, 4) is 0 Å². The molecule has 0 aromatic carbocycles. The van der Waals surface area contributed by atoms with Gasteiger partial charge in [0.15, 0.2) is 0 Å². The molecule has 80 valence electrons. The number of nitrogens with one attached hydrogen (secondary N) is 2. The molecule has 1 rings (SSSR count). The van der Waals surface area contributed by atoms with Gasteiger partial charge in [0.1, 0.15) is 0 Å². The Morgan fingerprint density at radius 2 is 1.71 bits per heavy atom. The lowest BCUT2D eigenvalue weighted by Gasteiger charge is -2.20. The third-order valence-corrected chi connectivity index (χ3v) is 1.84. The lowest BCUT2D eigenvalue weighted by Crippen LogP contribution is -2.26. The number of aromatic amines is 1. The minimum absolute atomic E-state index is 0.0486. The average molecular weight is 195 g/mol. The molecule has 0 radical (unpaired) electrons. The molecule has 0 bridgehead atoms. The van der Waals surface area contributed by atoms with Gasteiger partial charge in [0, 0.05) is 17.2 Å². The zero-order valence-corrected chi connectivity index (χ0v) is 10.0. The Morgan fingerprint density at radius 3 is 2.07 bits per heavy atom. The number of anilines is 1. The van der Waals surface area contributed by atoms with E-state index in [2.05, 4.69) is 56.8 Å². The lowest BCUT2D eigenvalue weighted by molar-refractivity contribution is 0.571. The first-order chi connectivity index (χ1) is 6.18. The molecule has 0 saturated heterocycles. The van der Waals surface area contributed by atoms with Gasteiger partial charge in [0.25, 0.3) is 0 Å². The van der Waals surface area contributed by atoms with Crippen molar-refractivity contribution in [1.29, 1.82) is 0 Å². The molecule has 1 aromatic heterocycles. The van der Waals surface area contributed by atoms with Gasteiger partial charge in [-0.25, -0.2) is 4.98 Å². The Hall–Kier alpha value is -0.990. The third-order valence-electron chi connectivity index (χ3n) is 1.84. The standard InChI is InChI=1S/C11H21N3/c1-10(2,3)8-7-12-9(13-8)14-11(4,5)6/h7H,1-6H3,(H2,12,13,14). The molecule has 0 saturated carbocycles. The Kier molecular flexibility index (Phi) is 2.61. The van der Waals surface area contributed by atoms with Gasteiger partial charge in [-0.3, -0.25) is 0 Å². The van der Waals surface area contributed by atoms with Crippen molar-refractivity contribution in [3.05, 3.63) is 11.9 Å². The van der Waals surface area contributed by atoms with Crippen molar-refractivity contribution in [1.82, 2.24) is 9.97 Å². The van der Waals surface area contributed by atoms with E-state index in [1.165, 1.54) is 0 Å². The molecule has 14 heavy (non-hydrogen) atoms.